The van der Waals surface area contributed by atoms with E-state index in [0.717, 1.165) is 24.3 Å². The van der Waals surface area contributed by atoms with Crippen molar-refractivity contribution in [3.05, 3.63) is 65.2 Å². The molecule has 1 aliphatic heterocycles. The van der Waals surface area contributed by atoms with E-state index < -0.39 is 17.8 Å². The molecular formula is C23H28N2O3. The van der Waals surface area contributed by atoms with E-state index >= 15 is 0 Å². The standard InChI is InChI=1S/C23H28N2O3/c1-16(17-10-6-7-13-20(17)25-14-8-3-9-15-25)21(22(24)26)18-11-4-5-12-19(18)23(27)28-2/h4-7,10-13,16,21H,3,8-9,14-15H2,1-2H3,(H2,24,26). The van der Waals surface area contributed by atoms with Crippen LogP contribution < -0.4 is 10.6 Å². The first kappa shape index (κ1) is 19.9. The molecule has 0 aromatic heterocycles. The summed E-state index contributed by atoms with van der Waals surface area (Å²) < 4.78 is 4.91. The third-order valence-electron chi connectivity index (χ3n) is 5.63. The zero-order valence-electron chi connectivity index (χ0n) is 16.6. The van der Waals surface area contributed by atoms with Crippen molar-refractivity contribution in [3.8, 4) is 0 Å². The van der Waals surface area contributed by atoms with Gasteiger partial charge in [0.1, 0.15) is 0 Å². The van der Waals surface area contributed by atoms with Gasteiger partial charge in [-0.15, -0.1) is 0 Å². The minimum atomic E-state index is -0.624. The van der Waals surface area contributed by atoms with E-state index in [1.54, 1.807) is 18.2 Å². The highest BCUT2D eigenvalue weighted by Crippen LogP contribution is 2.39. The lowest BCUT2D eigenvalue weighted by atomic mass is 9.79. The van der Waals surface area contributed by atoms with Gasteiger partial charge >= 0.3 is 5.97 Å². The van der Waals surface area contributed by atoms with Crippen molar-refractivity contribution in [3.63, 3.8) is 0 Å². The van der Waals surface area contributed by atoms with E-state index in [1.165, 1.54) is 26.4 Å². The normalized spacial score (nSPS) is 16.3. The van der Waals surface area contributed by atoms with E-state index in [4.69, 9.17) is 10.5 Å². The van der Waals surface area contributed by atoms with Crippen LogP contribution in [0, 0.1) is 0 Å². The van der Waals surface area contributed by atoms with Gasteiger partial charge in [-0.2, -0.15) is 0 Å². The van der Waals surface area contributed by atoms with Gasteiger partial charge in [0, 0.05) is 18.8 Å². The summed E-state index contributed by atoms with van der Waals surface area (Å²) in [7, 11) is 1.34. The lowest BCUT2D eigenvalue weighted by Crippen LogP contribution is -2.32. The van der Waals surface area contributed by atoms with Gasteiger partial charge in [0.2, 0.25) is 5.91 Å². The molecule has 5 heteroatoms. The molecule has 148 valence electrons. The minimum absolute atomic E-state index is 0.179. The van der Waals surface area contributed by atoms with Crippen LogP contribution in [-0.4, -0.2) is 32.1 Å². The van der Waals surface area contributed by atoms with Crippen LogP contribution in [-0.2, 0) is 9.53 Å². The molecule has 3 rings (SSSR count). The van der Waals surface area contributed by atoms with E-state index in [2.05, 4.69) is 17.0 Å². The van der Waals surface area contributed by atoms with E-state index in [9.17, 15) is 9.59 Å². The van der Waals surface area contributed by atoms with Crippen LogP contribution in [0.5, 0.6) is 0 Å². The molecule has 1 amide bonds. The van der Waals surface area contributed by atoms with Crippen LogP contribution >= 0.6 is 0 Å². The minimum Gasteiger partial charge on any atom is -0.465 e. The quantitative estimate of drug-likeness (QED) is 0.773. The first-order chi connectivity index (χ1) is 13.5. The number of methoxy groups -OCH3 is 1. The second-order valence-corrected chi connectivity index (χ2v) is 7.35. The maximum Gasteiger partial charge on any atom is 0.338 e. The smallest absolute Gasteiger partial charge is 0.338 e. The fourth-order valence-electron chi connectivity index (χ4n) is 4.21. The molecule has 2 N–H and O–H groups in total. The fraction of sp³-hybridized carbons (Fsp3) is 0.391. The van der Waals surface area contributed by atoms with Gasteiger partial charge in [-0.3, -0.25) is 4.79 Å². The number of carbonyl (C=O) groups is 2. The molecule has 2 atom stereocenters. The van der Waals surface area contributed by atoms with Gasteiger partial charge in [0.15, 0.2) is 0 Å². The number of anilines is 1. The van der Waals surface area contributed by atoms with E-state index in [-0.39, 0.29) is 5.92 Å². The Morgan fingerprint density at radius 1 is 0.964 bits per heavy atom. The highest BCUT2D eigenvalue weighted by Gasteiger charge is 2.32. The van der Waals surface area contributed by atoms with E-state index in [1.807, 2.05) is 25.1 Å². The number of piperidine rings is 1. The monoisotopic (exact) mass is 380 g/mol. The number of nitrogens with two attached hydrogens (primary N) is 1. The molecule has 2 aromatic rings. The van der Waals surface area contributed by atoms with E-state index in [0.29, 0.717) is 11.1 Å². The maximum atomic E-state index is 12.5. The van der Waals surface area contributed by atoms with Gasteiger partial charge in [-0.1, -0.05) is 43.3 Å². The number of hydrogen-bond donors (Lipinski definition) is 1. The summed E-state index contributed by atoms with van der Waals surface area (Å²) in [4.78, 5) is 27.2. The second kappa shape index (κ2) is 8.91. The number of rotatable bonds is 6. The topological polar surface area (TPSA) is 72.6 Å². The van der Waals surface area contributed by atoms with Gasteiger partial charge in [0.25, 0.3) is 0 Å². The number of benzene rings is 2. The Hall–Kier alpha value is -2.82. The average molecular weight is 380 g/mol. The Morgan fingerprint density at radius 3 is 2.21 bits per heavy atom. The van der Waals surface area contributed by atoms with Crippen LogP contribution in [0.1, 0.15) is 59.5 Å². The van der Waals surface area contributed by atoms with Gasteiger partial charge in [-0.25, -0.2) is 4.79 Å². The number of primary amides is 1. The summed E-state index contributed by atoms with van der Waals surface area (Å²) in [6.07, 6.45) is 3.60. The van der Waals surface area contributed by atoms with Crippen LogP contribution in [0.25, 0.3) is 0 Å². The first-order valence-electron chi connectivity index (χ1n) is 9.85. The van der Waals surface area contributed by atoms with Crippen molar-refractivity contribution in [1.82, 2.24) is 0 Å². The molecule has 0 spiro atoms. The predicted octanol–water partition coefficient (Wildman–Crippen LogP) is 3.84. The molecular weight excluding hydrogens is 352 g/mol. The van der Waals surface area contributed by atoms with Crippen LogP contribution in [0.15, 0.2) is 48.5 Å². The Labute approximate surface area is 166 Å². The third-order valence-corrected chi connectivity index (χ3v) is 5.63. The van der Waals surface area contributed by atoms with Crippen molar-refractivity contribution in [2.45, 2.75) is 38.0 Å². The molecule has 0 saturated carbocycles. The zero-order valence-corrected chi connectivity index (χ0v) is 16.6. The first-order valence-corrected chi connectivity index (χ1v) is 9.85. The summed E-state index contributed by atoms with van der Waals surface area (Å²) >= 11 is 0. The largest absolute Gasteiger partial charge is 0.465 e. The highest BCUT2D eigenvalue weighted by atomic mass is 16.5. The Kier molecular flexibility index (Phi) is 6.34. The SMILES string of the molecule is COC(=O)c1ccccc1C(C(N)=O)C(C)c1ccccc1N1CCCCC1. The number of ether oxygens (including phenoxy) is 1. The molecule has 1 saturated heterocycles. The number of esters is 1. The number of carbonyl (C=O) groups excluding carboxylic acids is 2. The highest BCUT2D eigenvalue weighted by molar-refractivity contribution is 5.94. The maximum absolute atomic E-state index is 12.5. The number of hydrogen-bond acceptors (Lipinski definition) is 4. The second-order valence-electron chi connectivity index (χ2n) is 7.35. The molecule has 1 aliphatic rings. The van der Waals surface area contributed by atoms with Crippen LogP contribution in [0.4, 0.5) is 5.69 Å². The van der Waals surface area contributed by atoms with Crippen molar-refractivity contribution in [2.24, 2.45) is 5.73 Å². The summed E-state index contributed by atoms with van der Waals surface area (Å²) in [5, 5.41) is 0. The van der Waals surface area contributed by atoms with Crippen molar-refractivity contribution < 1.29 is 14.3 Å². The number of nitrogens with zero attached hydrogens (tertiary/aromatic N) is 1. The zero-order chi connectivity index (χ0) is 20.1. The summed E-state index contributed by atoms with van der Waals surface area (Å²) in [5.41, 5.74) is 9.07. The third kappa shape index (κ3) is 4.03. The lowest BCUT2D eigenvalue weighted by molar-refractivity contribution is -0.119. The van der Waals surface area contributed by atoms with Gasteiger partial charge in [0.05, 0.1) is 18.6 Å². The Balaban J connectivity index is 2.04. The predicted molar refractivity (Wildman–Crippen MR) is 111 cm³/mol. The van der Waals surface area contributed by atoms with Gasteiger partial charge < -0.3 is 15.4 Å². The molecule has 1 fully saturated rings. The summed E-state index contributed by atoms with van der Waals surface area (Å²) in [6.45, 7) is 4.04. The summed E-state index contributed by atoms with van der Waals surface area (Å²) in [5.74, 6) is -1.71. The average Bonchev–Trinajstić information content (AvgIpc) is 2.74. The fourth-order valence-corrected chi connectivity index (χ4v) is 4.21. The molecule has 0 radical (unpaired) electrons. The van der Waals surface area contributed by atoms with Crippen molar-refractivity contribution in [1.29, 1.82) is 0 Å². The molecule has 2 unspecified atom stereocenters. The Bertz CT molecular complexity index is 843. The van der Waals surface area contributed by atoms with Crippen molar-refractivity contribution in [2.75, 3.05) is 25.1 Å². The molecule has 0 aliphatic carbocycles. The summed E-state index contributed by atoms with van der Waals surface area (Å²) in [6, 6.07) is 15.3. The van der Waals surface area contributed by atoms with Crippen LogP contribution in [0.2, 0.25) is 0 Å². The van der Waals surface area contributed by atoms with Crippen LogP contribution in [0.3, 0.4) is 0 Å². The number of amides is 1. The lowest BCUT2D eigenvalue weighted by Gasteiger charge is -2.33. The number of para-hydroxylation sites is 1. The molecule has 5 nitrogen and oxygen atoms in total. The molecule has 0 bridgehead atoms. The Morgan fingerprint density at radius 2 is 1.57 bits per heavy atom. The molecule has 28 heavy (non-hydrogen) atoms. The molecule has 1 heterocycles. The molecule has 2 aromatic carbocycles. The van der Waals surface area contributed by atoms with Gasteiger partial charge in [-0.05, 0) is 48.4 Å². The van der Waals surface area contributed by atoms with Crippen molar-refractivity contribution >= 4 is 17.6 Å².